The second-order valence-corrected chi connectivity index (χ2v) is 2.87. The van der Waals surface area contributed by atoms with E-state index in [2.05, 4.69) is 0 Å². The summed E-state index contributed by atoms with van der Waals surface area (Å²) in [5, 5.41) is 0. The summed E-state index contributed by atoms with van der Waals surface area (Å²) >= 11 is 0. The lowest BCUT2D eigenvalue weighted by molar-refractivity contribution is 0.324. The summed E-state index contributed by atoms with van der Waals surface area (Å²) in [7, 11) is 4.60. The van der Waals surface area contributed by atoms with Crippen LogP contribution in [-0.2, 0) is 4.79 Å². The number of ether oxygens (including phenoxy) is 3. The monoisotopic (exact) mass is 221 g/mol. The minimum Gasteiger partial charge on any atom is -0.493 e. The molecule has 0 aromatic heterocycles. The normalized spacial score (nSPS) is 10.2. The zero-order chi connectivity index (χ0) is 12.0. The first-order valence-electron chi connectivity index (χ1n) is 4.61. The lowest BCUT2D eigenvalue weighted by Crippen LogP contribution is -1.96. The van der Waals surface area contributed by atoms with Crippen LogP contribution in [0.15, 0.2) is 18.2 Å². The molecule has 1 aromatic carbocycles. The van der Waals surface area contributed by atoms with Crippen LogP contribution in [0.1, 0.15) is 5.56 Å². The Kier molecular flexibility index (Phi) is 4.39. The number of hydrogen-bond acceptors (Lipinski definition) is 4. The number of benzene rings is 1. The Balaban J connectivity index is 3.30. The molecular formula is C12H13O4. The van der Waals surface area contributed by atoms with Crippen LogP contribution in [0.4, 0.5) is 0 Å². The highest BCUT2D eigenvalue weighted by molar-refractivity contribution is 5.77. The Labute approximate surface area is 94.4 Å². The van der Waals surface area contributed by atoms with E-state index in [1.807, 2.05) is 0 Å². The molecule has 0 fully saturated rings. The molecule has 0 atom stereocenters. The SMILES string of the molecule is COc1ccc(C=C[C]=O)c(OC)c1OC. The molecule has 0 spiro atoms. The van der Waals surface area contributed by atoms with Gasteiger partial charge in [-0.05, 0) is 24.3 Å². The van der Waals surface area contributed by atoms with Crippen molar-refractivity contribution >= 4 is 12.4 Å². The van der Waals surface area contributed by atoms with Gasteiger partial charge in [0.2, 0.25) is 12.0 Å². The molecule has 0 bridgehead atoms. The zero-order valence-corrected chi connectivity index (χ0v) is 9.44. The van der Waals surface area contributed by atoms with Crippen molar-refractivity contribution in [1.82, 2.24) is 0 Å². The van der Waals surface area contributed by atoms with Crippen LogP contribution < -0.4 is 14.2 Å². The number of rotatable bonds is 5. The van der Waals surface area contributed by atoms with Crippen molar-refractivity contribution in [2.75, 3.05) is 21.3 Å². The molecule has 4 heteroatoms. The number of hydrogen-bond donors (Lipinski definition) is 0. The molecule has 4 nitrogen and oxygen atoms in total. The number of carbonyl (C=O) groups excluding carboxylic acids is 1. The molecule has 0 saturated heterocycles. The third-order valence-corrected chi connectivity index (χ3v) is 2.07. The van der Waals surface area contributed by atoms with E-state index < -0.39 is 0 Å². The predicted molar refractivity (Wildman–Crippen MR) is 60.8 cm³/mol. The molecule has 0 amide bonds. The van der Waals surface area contributed by atoms with Gasteiger partial charge in [0.15, 0.2) is 11.5 Å². The van der Waals surface area contributed by atoms with Gasteiger partial charge in [-0.2, -0.15) is 0 Å². The van der Waals surface area contributed by atoms with Gasteiger partial charge in [0.25, 0.3) is 0 Å². The predicted octanol–water partition coefficient (Wildman–Crippen LogP) is 1.84. The molecule has 0 saturated carbocycles. The molecule has 0 aliphatic carbocycles. The van der Waals surface area contributed by atoms with E-state index in [-0.39, 0.29) is 0 Å². The topological polar surface area (TPSA) is 44.8 Å². The van der Waals surface area contributed by atoms with Crippen LogP contribution in [0, 0.1) is 0 Å². The third kappa shape index (κ3) is 2.34. The van der Waals surface area contributed by atoms with Gasteiger partial charge in [-0.1, -0.05) is 0 Å². The van der Waals surface area contributed by atoms with Crippen molar-refractivity contribution < 1.29 is 19.0 Å². The summed E-state index contributed by atoms with van der Waals surface area (Å²) in [4.78, 5) is 10.1. The molecule has 16 heavy (non-hydrogen) atoms. The first kappa shape index (κ1) is 12.1. The molecule has 1 rings (SSSR count). The van der Waals surface area contributed by atoms with E-state index in [1.165, 1.54) is 20.3 Å². The largest absolute Gasteiger partial charge is 0.493 e. The maximum absolute atomic E-state index is 10.1. The maximum atomic E-state index is 10.1. The van der Waals surface area contributed by atoms with Gasteiger partial charge < -0.3 is 14.2 Å². The zero-order valence-electron chi connectivity index (χ0n) is 9.44. The molecule has 1 radical (unpaired) electrons. The van der Waals surface area contributed by atoms with Gasteiger partial charge in [-0.15, -0.1) is 0 Å². The second kappa shape index (κ2) is 5.80. The van der Waals surface area contributed by atoms with E-state index in [9.17, 15) is 4.79 Å². The van der Waals surface area contributed by atoms with Crippen molar-refractivity contribution in [3.8, 4) is 17.2 Å². The van der Waals surface area contributed by atoms with Gasteiger partial charge in [0, 0.05) is 5.56 Å². The standard InChI is InChI=1S/C12H13O4/c1-14-10-7-6-9(5-4-8-13)11(15-2)12(10)16-3/h4-7H,1-3H3. The minimum absolute atomic E-state index is 0.498. The summed E-state index contributed by atoms with van der Waals surface area (Å²) in [6, 6.07) is 3.51. The fourth-order valence-corrected chi connectivity index (χ4v) is 1.38. The maximum Gasteiger partial charge on any atom is 0.225 e. The Morgan fingerprint density at radius 2 is 1.75 bits per heavy atom. The summed E-state index contributed by atoms with van der Waals surface area (Å²) in [5.41, 5.74) is 0.725. The van der Waals surface area contributed by atoms with E-state index in [0.29, 0.717) is 17.2 Å². The Morgan fingerprint density at radius 1 is 1.06 bits per heavy atom. The van der Waals surface area contributed by atoms with Gasteiger partial charge in [0.05, 0.1) is 21.3 Å². The Hall–Kier alpha value is -1.97. The summed E-state index contributed by atoms with van der Waals surface area (Å²) in [6.45, 7) is 0. The van der Waals surface area contributed by atoms with Crippen LogP contribution in [0.2, 0.25) is 0 Å². The summed E-state index contributed by atoms with van der Waals surface area (Å²) < 4.78 is 15.5. The quantitative estimate of drug-likeness (QED) is 0.711. The second-order valence-electron chi connectivity index (χ2n) is 2.87. The number of methoxy groups -OCH3 is 3. The molecular weight excluding hydrogens is 208 g/mol. The lowest BCUT2D eigenvalue weighted by atomic mass is 10.1. The van der Waals surface area contributed by atoms with Crippen LogP contribution in [0.25, 0.3) is 6.08 Å². The van der Waals surface area contributed by atoms with Gasteiger partial charge in [0.1, 0.15) is 0 Å². The first-order chi connectivity index (χ1) is 7.78. The van der Waals surface area contributed by atoms with E-state index >= 15 is 0 Å². The smallest absolute Gasteiger partial charge is 0.225 e. The average molecular weight is 221 g/mol. The molecule has 1 aromatic rings. The van der Waals surface area contributed by atoms with Crippen LogP contribution in [-0.4, -0.2) is 27.6 Å². The fraction of sp³-hybridized carbons (Fsp3) is 0.250. The molecule has 0 aliphatic heterocycles. The molecule has 0 unspecified atom stereocenters. The van der Waals surface area contributed by atoms with Gasteiger partial charge in [-0.3, -0.25) is 4.79 Å². The van der Waals surface area contributed by atoms with Crippen molar-refractivity contribution in [2.45, 2.75) is 0 Å². The molecule has 0 N–H and O–H groups in total. The first-order valence-corrected chi connectivity index (χ1v) is 4.61. The average Bonchev–Trinajstić information content (AvgIpc) is 2.34. The van der Waals surface area contributed by atoms with Crippen molar-refractivity contribution in [3.63, 3.8) is 0 Å². The molecule has 0 heterocycles. The van der Waals surface area contributed by atoms with Crippen LogP contribution in [0.5, 0.6) is 17.2 Å². The van der Waals surface area contributed by atoms with E-state index in [1.54, 1.807) is 31.6 Å². The molecule has 0 aliphatic rings. The highest BCUT2D eigenvalue weighted by Crippen LogP contribution is 2.40. The molecule has 85 valence electrons. The fourth-order valence-electron chi connectivity index (χ4n) is 1.38. The summed E-state index contributed by atoms with van der Waals surface area (Å²) in [5.74, 6) is 1.60. The highest BCUT2D eigenvalue weighted by atomic mass is 16.5. The van der Waals surface area contributed by atoms with Crippen LogP contribution >= 0.6 is 0 Å². The van der Waals surface area contributed by atoms with E-state index in [0.717, 1.165) is 5.56 Å². The van der Waals surface area contributed by atoms with Crippen LogP contribution in [0.3, 0.4) is 0 Å². The minimum atomic E-state index is 0.498. The third-order valence-electron chi connectivity index (χ3n) is 2.07. The Morgan fingerprint density at radius 3 is 2.25 bits per heavy atom. The van der Waals surface area contributed by atoms with Gasteiger partial charge in [-0.25, -0.2) is 0 Å². The lowest BCUT2D eigenvalue weighted by Gasteiger charge is -2.13. The van der Waals surface area contributed by atoms with E-state index in [4.69, 9.17) is 14.2 Å². The summed E-state index contributed by atoms with van der Waals surface area (Å²) in [6.07, 6.45) is 4.53. The number of allylic oxidation sites excluding steroid dienone is 1. The van der Waals surface area contributed by atoms with Crippen molar-refractivity contribution in [3.05, 3.63) is 23.8 Å². The Bertz CT molecular complexity index is 396. The van der Waals surface area contributed by atoms with Crippen molar-refractivity contribution in [2.24, 2.45) is 0 Å². The van der Waals surface area contributed by atoms with Crippen molar-refractivity contribution in [1.29, 1.82) is 0 Å². The highest BCUT2D eigenvalue weighted by Gasteiger charge is 2.13. The van der Waals surface area contributed by atoms with Gasteiger partial charge >= 0.3 is 0 Å².